The van der Waals surface area contributed by atoms with Crippen LogP contribution in [0.3, 0.4) is 0 Å². The molecule has 0 saturated carbocycles. The normalized spacial score (nSPS) is 24.1. The molecule has 1 aromatic rings. The van der Waals surface area contributed by atoms with Crippen molar-refractivity contribution in [1.82, 2.24) is 4.90 Å². The van der Waals surface area contributed by atoms with Crippen molar-refractivity contribution < 1.29 is 9.90 Å². The van der Waals surface area contributed by atoms with Crippen molar-refractivity contribution >= 4 is 5.97 Å². The van der Waals surface area contributed by atoms with Gasteiger partial charge < -0.3 is 5.11 Å². The van der Waals surface area contributed by atoms with E-state index in [1.54, 1.807) is 0 Å². The van der Waals surface area contributed by atoms with Crippen LogP contribution in [0.25, 0.3) is 0 Å². The van der Waals surface area contributed by atoms with Gasteiger partial charge in [-0.25, -0.2) is 0 Å². The lowest BCUT2D eigenvalue weighted by Crippen LogP contribution is -2.40. The van der Waals surface area contributed by atoms with E-state index >= 15 is 0 Å². The van der Waals surface area contributed by atoms with E-state index in [1.807, 2.05) is 0 Å². The monoisotopic (exact) mass is 275 g/mol. The molecule has 0 aromatic heterocycles. The Balaban J connectivity index is 2.35. The van der Waals surface area contributed by atoms with Crippen molar-refractivity contribution in [1.29, 1.82) is 0 Å². The van der Waals surface area contributed by atoms with Crippen molar-refractivity contribution in [3.63, 3.8) is 0 Å². The summed E-state index contributed by atoms with van der Waals surface area (Å²) in [7, 11) is 0. The molecule has 1 N–H and O–H groups in total. The maximum Gasteiger partial charge on any atom is 0.308 e. The topological polar surface area (TPSA) is 40.5 Å². The number of aliphatic carboxylic acids is 1. The quantitative estimate of drug-likeness (QED) is 0.901. The second-order valence-electron chi connectivity index (χ2n) is 7.05. The Hall–Kier alpha value is -1.35. The summed E-state index contributed by atoms with van der Waals surface area (Å²) in [6, 6.07) is 6.41. The van der Waals surface area contributed by atoms with Crippen LogP contribution in [0.4, 0.5) is 0 Å². The zero-order valence-electron chi connectivity index (χ0n) is 13.1. The van der Waals surface area contributed by atoms with Gasteiger partial charge in [0.15, 0.2) is 0 Å². The van der Waals surface area contributed by atoms with Gasteiger partial charge in [-0.15, -0.1) is 0 Å². The van der Waals surface area contributed by atoms with Crippen LogP contribution in [-0.2, 0) is 4.79 Å². The summed E-state index contributed by atoms with van der Waals surface area (Å²) in [5.74, 6) is -0.901. The lowest BCUT2D eigenvalue weighted by Gasteiger charge is -2.31. The van der Waals surface area contributed by atoms with Crippen LogP contribution < -0.4 is 0 Å². The Morgan fingerprint density at radius 1 is 1.15 bits per heavy atom. The van der Waals surface area contributed by atoms with Gasteiger partial charge in [-0.3, -0.25) is 9.69 Å². The standard InChI is InChI=1S/C17H25NO2/c1-11-6-12(2)8-13(7-11)14-9-18(17(3,4)5)10-15(14)16(19)20/h6-8,14-15H,9-10H2,1-5H3,(H,19,20)/t14-,15+/m0/s1. The summed E-state index contributed by atoms with van der Waals surface area (Å²) in [5, 5.41) is 9.54. The molecular formula is C17H25NO2. The lowest BCUT2D eigenvalue weighted by atomic mass is 9.87. The van der Waals surface area contributed by atoms with Crippen molar-refractivity contribution in [3.05, 3.63) is 34.9 Å². The van der Waals surface area contributed by atoms with E-state index in [1.165, 1.54) is 16.7 Å². The average molecular weight is 275 g/mol. The summed E-state index contributed by atoms with van der Waals surface area (Å²) in [6.45, 7) is 12.0. The zero-order valence-corrected chi connectivity index (χ0v) is 13.1. The summed E-state index contributed by atoms with van der Waals surface area (Å²) >= 11 is 0. The molecule has 1 heterocycles. The molecule has 1 aromatic carbocycles. The number of carboxylic acids is 1. The van der Waals surface area contributed by atoms with E-state index in [9.17, 15) is 9.90 Å². The first-order valence-electron chi connectivity index (χ1n) is 7.24. The third kappa shape index (κ3) is 3.04. The number of hydrogen-bond acceptors (Lipinski definition) is 2. The summed E-state index contributed by atoms with van der Waals surface area (Å²) < 4.78 is 0. The van der Waals surface area contributed by atoms with Crippen molar-refractivity contribution in [2.75, 3.05) is 13.1 Å². The molecule has 1 aliphatic heterocycles. The van der Waals surface area contributed by atoms with E-state index in [0.29, 0.717) is 6.54 Å². The highest BCUT2D eigenvalue weighted by Gasteiger charge is 2.42. The molecule has 3 heteroatoms. The summed E-state index contributed by atoms with van der Waals surface area (Å²) in [5.41, 5.74) is 3.60. The molecule has 3 nitrogen and oxygen atoms in total. The first-order chi connectivity index (χ1) is 9.18. The molecular weight excluding hydrogens is 250 g/mol. The van der Waals surface area contributed by atoms with Crippen molar-refractivity contribution in [3.8, 4) is 0 Å². The van der Waals surface area contributed by atoms with Crippen LogP contribution in [0, 0.1) is 19.8 Å². The molecule has 0 radical (unpaired) electrons. The Kier molecular flexibility index (Phi) is 3.92. The number of hydrogen-bond donors (Lipinski definition) is 1. The minimum atomic E-state index is -0.680. The van der Waals surface area contributed by atoms with Crippen molar-refractivity contribution in [2.45, 2.75) is 46.1 Å². The fourth-order valence-corrected chi connectivity index (χ4v) is 3.16. The third-order valence-corrected chi connectivity index (χ3v) is 4.26. The minimum absolute atomic E-state index is 0.0152. The molecule has 2 rings (SSSR count). The van der Waals surface area contributed by atoms with E-state index in [4.69, 9.17) is 0 Å². The van der Waals surface area contributed by atoms with Gasteiger partial charge in [0.2, 0.25) is 0 Å². The van der Waals surface area contributed by atoms with Gasteiger partial charge in [-0.05, 0) is 40.2 Å². The highest BCUT2D eigenvalue weighted by molar-refractivity contribution is 5.72. The summed E-state index contributed by atoms with van der Waals surface area (Å²) in [4.78, 5) is 13.9. The van der Waals surface area contributed by atoms with E-state index < -0.39 is 5.97 Å². The highest BCUT2D eigenvalue weighted by atomic mass is 16.4. The van der Waals surface area contributed by atoms with Crippen LogP contribution in [0.1, 0.15) is 43.4 Å². The average Bonchev–Trinajstić information content (AvgIpc) is 2.71. The van der Waals surface area contributed by atoms with Crippen LogP contribution in [0.5, 0.6) is 0 Å². The molecule has 0 amide bonds. The predicted octanol–water partition coefficient (Wildman–Crippen LogP) is 3.20. The van der Waals surface area contributed by atoms with Gasteiger partial charge in [-0.2, -0.15) is 0 Å². The second kappa shape index (κ2) is 5.21. The van der Waals surface area contributed by atoms with Gasteiger partial charge >= 0.3 is 5.97 Å². The Morgan fingerprint density at radius 2 is 1.70 bits per heavy atom. The number of likely N-dealkylation sites (tertiary alicyclic amines) is 1. The Morgan fingerprint density at radius 3 is 2.15 bits per heavy atom. The minimum Gasteiger partial charge on any atom is -0.481 e. The molecule has 2 atom stereocenters. The molecule has 0 bridgehead atoms. The van der Waals surface area contributed by atoms with Gasteiger partial charge in [0.25, 0.3) is 0 Å². The third-order valence-electron chi connectivity index (χ3n) is 4.26. The molecule has 1 aliphatic rings. The number of nitrogens with zero attached hydrogens (tertiary/aromatic N) is 1. The van der Waals surface area contributed by atoms with Gasteiger partial charge in [0.05, 0.1) is 5.92 Å². The maximum atomic E-state index is 11.6. The fourth-order valence-electron chi connectivity index (χ4n) is 3.16. The van der Waals surface area contributed by atoms with Crippen LogP contribution in [0.15, 0.2) is 18.2 Å². The maximum absolute atomic E-state index is 11.6. The van der Waals surface area contributed by atoms with Gasteiger partial charge in [-0.1, -0.05) is 29.3 Å². The first-order valence-corrected chi connectivity index (χ1v) is 7.24. The number of benzene rings is 1. The summed E-state index contributed by atoms with van der Waals surface area (Å²) in [6.07, 6.45) is 0. The van der Waals surface area contributed by atoms with Gasteiger partial charge in [0.1, 0.15) is 0 Å². The molecule has 110 valence electrons. The predicted molar refractivity (Wildman–Crippen MR) is 81.1 cm³/mol. The van der Waals surface area contributed by atoms with Crippen LogP contribution in [-0.4, -0.2) is 34.6 Å². The van der Waals surface area contributed by atoms with Gasteiger partial charge in [0, 0.05) is 24.5 Å². The van der Waals surface area contributed by atoms with Crippen molar-refractivity contribution in [2.24, 2.45) is 5.92 Å². The zero-order chi connectivity index (χ0) is 15.1. The Labute approximate surface area is 121 Å². The number of carboxylic acid groups (broad SMARTS) is 1. The molecule has 0 unspecified atom stereocenters. The molecule has 1 saturated heterocycles. The second-order valence-corrected chi connectivity index (χ2v) is 7.05. The van der Waals surface area contributed by atoms with E-state index in [0.717, 1.165) is 6.54 Å². The SMILES string of the molecule is Cc1cc(C)cc([C@@H]2CN(C(C)(C)C)C[C@H]2C(=O)O)c1. The largest absolute Gasteiger partial charge is 0.481 e. The fraction of sp³-hybridized carbons (Fsp3) is 0.588. The Bertz CT molecular complexity index is 496. The highest BCUT2D eigenvalue weighted by Crippen LogP contribution is 2.36. The number of aryl methyl sites for hydroxylation is 2. The van der Waals surface area contributed by atoms with Crippen LogP contribution >= 0.6 is 0 Å². The molecule has 20 heavy (non-hydrogen) atoms. The smallest absolute Gasteiger partial charge is 0.308 e. The number of rotatable bonds is 2. The van der Waals surface area contributed by atoms with E-state index in [2.05, 4.69) is 57.7 Å². The number of carbonyl (C=O) groups is 1. The van der Waals surface area contributed by atoms with E-state index in [-0.39, 0.29) is 17.4 Å². The lowest BCUT2D eigenvalue weighted by molar-refractivity contribution is -0.141. The van der Waals surface area contributed by atoms with Crippen LogP contribution in [0.2, 0.25) is 0 Å². The first kappa shape index (κ1) is 15.0. The molecule has 0 spiro atoms. The molecule has 1 fully saturated rings. The molecule has 0 aliphatic carbocycles.